The fourth-order valence-corrected chi connectivity index (χ4v) is 3.66. The van der Waals surface area contributed by atoms with Gasteiger partial charge in [0.05, 0.1) is 25.6 Å². The van der Waals surface area contributed by atoms with Gasteiger partial charge in [0, 0.05) is 24.5 Å². The first-order valence-corrected chi connectivity index (χ1v) is 11.7. The lowest BCUT2D eigenvalue weighted by molar-refractivity contribution is -0.135. The minimum atomic E-state index is -0.533. The molecule has 0 saturated carbocycles. The van der Waals surface area contributed by atoms with Crippen LogP contribution in [0.5, 0.6) is 5.75 Å². The van der Waals surface area contributed by atoms with Gasteiger partial charge in [-0.25, -0.2) is 4.79 Å². The first kappa shape index (κ1) is 25.1. The highest BCUT2D eigenvalue weighted by molar-refractivity contribution is 5.94. The van der Waals surface area contributed by atoms with Gasteiger partial charge in [-0.1, -0.05) is 38.1 Å². The second kappa shape index (κ2) is 12.6. The van der Waals surface area contributed by atoms with Gasteiger partial charge in [-0.15, -0.1) is 0 Å². The molecule has 1 aliphatic heterocycles. The summed E-state index contributed by atoms with van der Waals surface area (Å²) in [6, 6.07) is 16.3. The zero-order chi connectivity index (χ0) is 24.3. The SMILES string of the molecule is CC(C)COC(=O)Nc1cccc(NC(=O)C2CCCN(C(=O)CCOc3ccccc3)C2)c1. The predicted molar refractivity (Wildman–Crippen MR) is 131 cm³/mol. The lowest BCUT2D eigenvalue weighted by atomic mass is 9.96. The van der Waals surface area contributed by atoms with Gasteiger partial charge in [0.1, 0.15) is 5.75 Å². The van der Waals surface area contributed by atoms with Crippen molar-refractivity contribution in [2.75, 3.05) is 36.9 Å². The van der Waals surface area contributed by atoms with Gasteiger partial charge >= 0.3 is 6.09 Å². The molecule has 3 amide bonds. The summed E-state index contributed by atoms with van der Waals surface area (Å²) in [5.74, 6) is 0.531. The highest BCUT2D eigenvalue weighted by atomic mass is 16.5. The van der Waals surface area contributed by atoms with Crippen LogP contribution < -0.4 is 15.4 Å². The predicted octanol–water partition coefficient (Wildman–Crippen LogP) is 4.54. The van der Waals surface area contributed by atoms with E-state index in [9.17, 15) is 14.4 Å². The van der Waals surface area contributed by atoms with Crippen LogP contribution in [0, 0.1) is 11.8 Å². The van der Waals surface area contributed by atoms with E-state index < -0.39 is 6.09 Å². The third-order valence-electron chi connectivity index (χ3n) is 5.40. The minimum absolute atomic E-state index is 0.0143. The van der Waals surface area contributed by atoms with E-state index in [1.165, 1.54) is 0 Å². The number of amides is 3. The van der Waals surface area contributed by atoms with Crippen molar-refractivity contribution in [3.8, 4) is 5.75 Å². The number of likely N-dealkylation sites (tertiary alicyclic amines) is 1. The number of carbonyl (C=O) groups excluding carboxylic acids is 3. The van der Waals surface area contributed by atoms with Crippen molar-refractivity contribution in [2.45, 2.75) is 33.1 Å². The number of rotatable bonds is 9. The molecule has 34 heavy (non-hydrogen) atoms. The molecule has 1 atom stereocenters. The molecular weight excluding hydrogens is 434 g/mol. The largest absolute Gasteiger partial charge is 0.493 e. The van der Waals surface area contributed by atoms with Crippen molar-refractivity contribution in [2.24, 2.45) is 11.8 Å². The molecule has 8 heteroatoms. The summed E-state index contributed by atoms with van der Waals surface area (Å²) in [6.45, 7) is 5.58. The number of hydrogen-bond acceptors (Lipinski definition) is 5. The molecule has 182 valence electrons. The Morgan fingerprint density at radius 2 is 1.76 bits per heavy atom. The Morgan fingerprint density at radius 3 is 2.50 bits per heavy atom. The van der Waals surface area contributed by atoms with Crippen LogP contribution in [0.15, 0.2) is 54.6 Å². The maximum Gasteiger partial charge on any atom is 0.411 e. The van der Waals surface area contributed by atoms with Crippen LogP contribution in [0.2, 0.25) is 0 Å². The third-order valence-corrected chi connectivity index (χ3v) is 5.40. The third kappa shape index (κ3) is 8.10. The van der Waals surface area contributed by atoms with E-state index in [1.807, 2.05) is 44.2 Å². The van der Waals surface area contributed by atoms with Crippen LogP contribution in [0.3, 0.4) is 0 Å². The molecule has 1 aliphatic rings. The van der Waals surface area contributed by atoms with E-state index in [0.717, 1.165) is 18.6 Å². The van der Waals surface area contributed by atoms with E-state index in [2.05, 4.69) is 10.6 Å². The number of carbonyl (C=O) groups is 3. The summed E-state index contributed by atoms with van der Waals surface area (Å²) in [5.41, 5.74) is 1.11. The number of benzene rings is 2. The van der Waals surface area contributed by atoms with Crippen LogP contribution in [-0.2, 0) is 14.3 Å². The lowest BCUT2D eigenvalue weighted by Crippen LogP contribution is -2.44. The summed E-state index contributed by atoms with van der Waals surface area (Å²) in [6.07, 6.45) is 1.22. The maximum absolute atomic E-state index is 12.9. The van der Waals surface area contributed by atoms with Crippen molar-refractivity contribution in [3.63, 3.8) is 0 Å². The Labute approximate surface area is 200 Å². The molecule has 2 N–H and O–H groups in total. The number of nitrogens with one attached hydrogen (secondary N) is 2. The number of para-hydroxylation sites is 1. The summed E-state index contributed by atoms with van der Waals surface area (Å²) in [7, 11) is 0. The molecule has 1 unspecified atom stereocenters. The standard InChI is InChI=1S/C26H33N3O5/c1-19(2)18-34-26(32)28-22-10-6-9-21(16-22)27-25(31)20-8-7-14-29(17-20)24(30)13-15-33-23-11-4-3-5-12-23/h3-6,9-12,16,19-20H,7-8,13-15,17-18H2,1-2H3,(H,27,31)(H,28,32). The van der Waals surface area contributed by atoms with Crippen molar-refractivity contribution in [3.05, 3.63) is 54.6 Å². The van der Waals surface area contributed by atoms with Gasteiger partial charge in [-0.2, -0.15) is 0 Å². The number of piperidine rings is 1. The van der Waals surface area contributed by atoms with Crippen molar-refractivity contribution in [1.82, 2.24) is 4.90 Å². The van der Waals surface area contributed by atoms with E-state index in [4.69, 9.17) is 9.47 Å². The fourth-order valence-electron chi connectivity index (χ4n) is 3.66. The van der Waals surface area contributed by atoms with Crippen molar-refractivity contribution >= 4 is 29.3 Å². The van der Waals surface area contributed by atoms with Gasteiger partial charge in [-0.05, 0) is 49.1 Å². The highest BCUT2D eigenvalue weighted by Crippen LogP contribution is 2.21. The average molecular weight is 468 g/mol. The van der Waals surface area contributed by atoms with Gasteiger partial charge < -0.3 is 19.7 Å². The van der Waals surface area contributed by atoms with Crippen LogP contribution in [0.4, 0.5) is 16.2 Å². The molecule has 8 nitrogen and oxygen atoms in total. The topological polar surface area (TPSA) is 97.0 Å². The lowest BCUT2D eigenvalue weighted by Gasteiger charge is -2.32. The van der Waals surface area contributed by atoms with Crippen LogP contribution in [0.25, 0.3) is 0 Å². The molecule has 1 heterocycles. The zero-order valence-electron chi connectivity index (χ0n) is 19.8. The molecular formula is C26H33N3O5. The molecule has 1 saturated heterocycles. The normalized spacial score (nSPS) is 15.5. The molecule has 2 aromatic carbocycles. The van der Waals surface area contributed by atoms with E-state index >= 15 is 0 Å². The Bertz CT molecular complexity index is 964. The molecule has 0 aliphatic carbocycles. The summed E-state index contributed by atoms with van der Waals surface area (Å²) >= 11 is 0. The van der Waals surface area contributed by atoms with E-state index in [1.54, 1.807) is 29.2 Å². The van der Waals surface area contributed by atoms with Gasteiger partial charge in [0.15, 0.2) is 0 Å². The van der Waals surface area contributed by atoms with Gasteiger partial charge in [0.2, 0.25) is 11.8 Å². The first-order valence-electron chi connectivity index (χ1n) is 11.7. The number of anilines is 2. The van der Waals surface area contributed by atoms with Crippen molar-refractivity contribution < 1.29 is 23.9 Å². The fraction of sp³-hybridized carbons (Fsp3) is 0.423. The number of ether oxygens (including phenoxy) is 2. The molecule has 0 aromatic heterocycles. The van der Waals surface area contributed by atoms with E-state index in [-0.39, 0.29) is 30.1 Å². The zero-order valence-corrected chi connectivity index (χ0v) is 19.8. The average Bonchev–Trinajstić information content (AvgIpc) is 2.83. The molecule has 0 bridgehead atoms. The van der Waals surface area contributed by atoms with Gasteiger partial charge in [0.25, 0.3) is 0 Å². The number of nitrogens with zero attached hydrogens (tertiary/aromatic N) is 1. The minimum Gasteiger partial charge on any atom is -0.493 e. The summed E-state index contributed by atoms with van der Waals surface area (Å²) in [4.78, 5) is 39.1. The quantitative estimate of drug-likeness (QED) is 0.564. The Balaban J connectivity index is 1.47. The Kier molecular flexibility index (Phi) is 9.31. The van der Waals surface area contributed by atoms with Crippen LogP contribution in [0.1, 0.15) is 33.1 Å². The monoisotopic (exact) mass is 467 g/mol. The van der Waals surface area contributed by atoms with E-state index in [0.29, 0.717) is 37.7 Å². The molecule has 0 radical (unpaired) electrons. The summed E-state index contributed by atoms with van der Waals surface area (Å²) < 4.78 is 10.7. The Hall–Kier alpha value is -3.55. The smallest absolute Gasteiger partial charge is 0.411 e. The van der Waals surface area contributed by atoms with Crippen LogP contribution in [-0.4, -0.2) is 49.1 Å². The molecule has 1 fully saturated rings. The number of hydrogen-bond donors (Lipinski definition) is 2. The highest BCUT2D eigenvalue weighted by Gasteiger charge is 2.28. The van der Waals surface area contributed by atoms with Gasteiger partial charge in [-0.3, -0.25) is 14.9 Å². The molecule has 2 aromatic rings. The van der Waals surface area contributed by atoms with Crippen LogP contribution >= 0.6 is 0 Å². The molecule has 0 spiro atoms. The Morgan fingerprint density at radius 1 is 1.03 bits per heavy atom. The first-order chi connectivity index (χ1) is 16.4. The summed E-state index contributed by atoms with van der Waals surface area (Å²) in [5, 5.41) is 5.57. The second-order valence-electron chi connectivity index (χ2n) is 8.78. The second-order valence-corrected chi connectivity index (χ2v) is 8.78. The van der Waals surface area contributed by atoms with Crippen molar-refractivity contribution in [1.29, 1.82) is 0 Å². The molecule has 3 rings (SSSR count). The maximum atomic E-state index is 12.9.